The number of aromatic nitrogens is 3. The summed E-state index contributed by atoms with van der Waals surface area (Å²) in [5.41, 5.74) is 5.66. The molecule has 0 N–H and O–H groups in total. The van der Waals surface area contributed by atoms with Gasteiger partial charge >= 0.3 is 0 Å². The first-order chi connectivity index (χ1) is 15.5. The zero-order valence-electron chi connectivity index (χ0n) is 18.6. The van der Waals surface area contributed by atoms with Crippen LogP contribution in [0.1, 0.15) is 24.2 Å². The third kappa shape index (κ3) is 3.93. The molecule has 7 heteroatoms. The van der Waals surface area contributed by atoms with Crippen molar-refractivity contribution in [2.24, 2.45) is 5.92 Å². The summed E-state index contributed by atoms with van der Waals surface area (Å²) in [4.78, 5) is 21.9. The number of hydrogen-bond acceptors (Lipinski definition) is 4. The summed E-state index contributed by atoms with van der Waals surface area (Å²) >= 11 is 0. The largest absolute Gasteiger partial charge is 0.335 e. The number of aryl methyl sites for hydroxylation is 1. The average Bonchev–Trinajstić information content (AvgIpc) is 3.18. The van der Waals surface area contributed by atoms with Crippen LogP contribution in [-0.2, 0) is 17.9 Å². The van der Waals surface area contributed by atoms with E-state index in [1.807, 2.05) is 28.6 Å². The normalized spacial score (nSPS) is 17.4. The van der Waals surface area contributed by atoms with Crippen molar-refractivity contribution in [2.45, 2.75) is 32.9 Å². The van der Waals surface area contributed by atoms with Gasteiger partial charge in [-0.1, -0.05) is 0 Å². The van der Waals surface area contributed by atoms with Gasteiger partial charge in [-0.25, -0.2) is 4.39 Å². The number of nitrogens with zero attached hydrogens (tertiary/aromatic N) is 5. The molecule has 3 aromatic rings. The van der Waals surface area contributed by atoms with Gasteiger partial charge in [-0.3, -0.25) is 14.5 Å². The number of pyridine rings is 1. The minimum absolute atomic E-state index is 0.101. The number of rotatable bonds is 3. The van der Waals surface area contributed by atoms with E-state index in [9.17, 15) is 9.18 Å². The number of halogens is 1. The van der Waals surface area contributed by atoms with Gasteiger partial charge < -0.3 is 9.80 Å². The molecule has 0 bridgehead atoms. The lowest BCUT2D eigenvalue weighted by Gasteiger charge is -2.34. The molecule has 0 unspecified atom stereocenters. The zero-order chi connectivity index (χ0) is 22.2. The molecule has 0 spiro atoms. The average molecular weight is 434 g/mol. The Kier molecular flexibility index (Phi) is 5.51. The molecule has 1 saturated heterocycles. The molecule has 2 aromatic heterocycles. The van der Waals surface area contributed by atoms with E-state index in [0.29, 0.717) is 19.6 Å². The van der Waals surface area contributed by atoms with Gasteiger partial charge in [0.25, 0.3) is 0 Å². The van der Waals surface area contributed by atoms with Gasteiger partial charge in [-0.2, -0.15) is 5.10 Å². The fourth-order valence-electron chi connectivity index (χ4n) is 4.83. The second kappa shape index (κ2) is 8.47. The van der Waals surface area contributed by atoms with Gasteiger partial charge in [0.05, 0.1) is 18.8 Å². The highest BCUT2D eigenvalue weighted by molar-refractivity contribution is 5.84. The molecule has 32 heavy (non-hydrogen) atoms. The van der Waals surface area contributed by atoms with Crippen LogP contribution in [0.3, 0.4) is 0 Å². The van der Waals surface area contributed by atoms with Gasteiger partial charge in [0.1, 0.15) is 11.5 Å². The highest BCUT2D eigenvalue weighted by Gasteiger charge is 2.32. The minimum Gasteiger partial charge on any atom is -0.335 e. The highest BCUT2D eigenvalue weighted by atomic mass is 19.1. The topological polar surface area (TPSA) is 54.3 Å². The first-order valence-corrected chi connectivity index (χ1v) is 11.3. The van der Waals surface area contributed by atoms with E-state index >= 15 is 0 Å². The first kappa shape index (κ1) is 20.8. The standard InChI is InChI=1S/C25H28FN5O/c1-17-15-20(7-10-27-17)23-22-16-30(25(32)19-8-11-29(2)12-9-19)13-14-31(22)28-24(23)18-3-5-21(26)6-4-18/h3-7,10,15,19H,8-9,11-14,16H2,1-2H3. The Balaban J connectivity index is 1.53. The molecule has 1 aromatic carbocycles. The van der Waals surface area contributed by atoms with Gasteiger partial charge in [-0.15, -0.1) is 0 Å². The second-order valence-electron chi connectivity index (χ2n) is 8.92. The summed E-state index contributed by atoms with van der Waals surface area (Å²) in [6.45, 7) is 5.77. The van der Waals surface area contributed by atoms with Crippen LogP contribution in [0.5, 0.6) is 0 Å². The van der Waals surface area contributed by atoms with Crippen LogP contribution in [0.4, 0.5) is 4.39 Å². The van der Waals surface area contributed by atoms with Crippen LogP contribution >= 0.6 is 0 Å². The third-order valence-corrected chi connectivity index (χ3v) is 6.66. The molecule has 0 atom stereocenters. The molecule has 166 valence electrons. The first-order valence-electron chi connectivity index (χ1n) is 11.3. The predicted molar refractivity (Wildman–Crippen MR) is 121 cm³/mol. The van der Waals surface area contributed by atoms with E-state index in [4.69, 9.17) is 5.10 Å². The maximum Gasteiger partial charge on any atom is 0.226 e. The number of carbonyl (C=O) groups excluding carboxylic acids is 1. The summed E-state index contributed by atoms with van der Waals surface area (Å²) in [6.07, 6.45) is 3.64. The number of likely N-dealkylation sites (tertiary alicyclic amines) is 1. The SMILES string of the molecule is Cc1cc(-c2c(-c3ccc(F)cc3)nn3c2CN(C(=O)C2CCN(C)CC2)CC3)ccn1. The number of piperidine rings is 1. The van der Waals surface area contributed by atoms with E-state index in [1.54, 1.807) is 18.3 Å². The predicted octanol–water partition coefficient (Wildman–Crippen LogP) is 3.74. The maximum atomic E-state index is 13.6. The van der Waals surface area contributed by atoms with E-state index in [1.165, 1.54) is 12.1 Å². The Morgan fingerprint density at radius 1 is 1.03 bits per heavy atom. The number of amides is 1. The molecule has 2 aliphatic rings. The molecule has 1 amide bonds. The van der Waals surface area contributed by atoms with Crippen molar-refractivity contribution in [3.8, 4) is 22.4 Å². The van der Waals surface area contributed by atoms with E-state index in [-0.39, 0.29) is 17.6 Å². The monoisotopic (exact) mass is 433 g/mol. The van der Waals surface area contributed by atoms with Gasteiger partial charge in [-0.05, 0) is 81.9 Å². The molecular formula is C25H28FN5O. The lowest BCUT2D eigenvalue weighted by molar-refractivity contribution is -0.138. The zero-order valence-corrected chi connectivity index (χ0v) is 18.6. The molecule has 1 fully saturated rings. The van der Waals surface area contributed by atoms with Crippen LogP contribution in [-0.4, -0.2) is 57.2 Å². The molecule has 0 saturated carbocycles. The van der Waals surface area contributed by atoms with Crippen molar-refractivity contribution in [2.75, 3.05) is 26.7 Å². The maximum absolute atomic E-state index is 13.6. The Morgan fingerprint density at radius 3 is 2.50 bits per heavy atom. The van der Waals surface area contributed by atoms with Crippen LogP contribution < -0.4 is 0 Å². The lowest BCUT2D eigenvalue weighted by Crippen LogP contribution is -2.44. The summed E-state index contributed by atoms with van der Waals surface area (Å²) in [7, 11) is 2.11. The summed E-state index contributed by atoms with van der Waals surface area (Å²) in [5, 5.41) is 4.90. The smallest absolute Gasteiger partial charge is 0.226 e. The molecule has 5 rings (SSSR count). The van der Waals surface area contributed by atoms with E-state index < -0.39 is 0 Å². The van der Waals surface area contributed by atoms with Crippen molar-refractivity contribution < 1.29 is 9.18 Å². The molecule has 6 nitrogen and oxygen atoms in total. The number of hydrogen-bond donors (Lipinski definition) is 0. The summed E-state index contributed by atoms with van der Waals surface area (Å²) in [5.74, 6) is 0.0866. The van der Waals surface area contributed by atoms with Crippen molar-refractivity contribution >= 4 is 5.91 Å². The molecule has 4 heterocycles. The van der Waals surface area contributed by atoms with Gasteiger partial charge in [0, 0.05) is 35.5 Å². The summed E-state index contributed by atoms with van der Waals surface area (Å²) < 4.78 is 15.6. The molecular weight excluding hydrogens is 405 g/mol. The Morgan fingerprint density at radius 2 is 1.78 bits per heavy atom. The van der Waals surface area contributed by atoms with Crippen molar-refractivity contribution in [3.05, 3.63) is 59.8 Å². The van der Waals surface area contributed by atoms with Gasteiger partial charge in [0.15, 0.2) is 0 Å². The Hall–Kier alpha value is -3.06. The molecule has 2 aliphatic heterocycles. The van der Waals surface area contributed by atoms with Crippen molar-refractivity contribution in [3.63, 3.8) is 0 Å². The summed E-state index contributed by atoms with van der Waals surface area (Å²) in [6, 6.07) is 10.5. The molecule has 0 radical (unpaired) electrons. The fourth-order valence-corrected chi connectivity index (χ4v) is 4.83. The van der Waals surface area contributed by atoms with E-state index in [0.717, 1.165) is 59.7 Å². The van der Waals surface area contributed by atoms with Crippen molar-refractivity contribution in [1.82, 2.24) is 24.6 Å². The van der Waals surface area contributed by atoms with Crippen LogP contribution in [0.2, 0.25) is 0 Å². The molecule has 0 aliphatic carbocycles. The van der Waals surface area contributed by atoms with E-state index in [2.05, 4.69) is 16.9 Å². The van der Waals surface area contributed by atoms with Crippen molar-refractivity contribution in [1.29, 1.82) is 0 Å². The van der Waals surface area contributed by atoms with Crippen LogP contribution in [0.25, 0.3) is 22.4 Å². The van der Waals surface area contributed by atoms with Crippen LogP contribution in [0, 0.1) is 18.7 Å². The quantitative estimate of drug-likeness (QED) is 0.631. The number of carbonyl (C=O) groups is 1. The fraction of sp³-hybridized carbons (Fsp3) is 0.400. The lowest BCUT2D eigenvalue weighted by atomic mass is 9.94. The minimum atomic E-state index is -0.270. The highest BCUT2D eigenvalue weighted by Crippen LogP contribution is 2.37. The Bertz CT molecular complexity index is 1130. The van der Waals surface area contributed by atoms with Gasteiger partial charge in [0.2, 0.25) is 5.91 Å². The number of fused-ring (bicyclic) bond motifs is 1. The Labute approximate surface area is 187 Å². The van der Waals surface area contributed by atoms with Crippen LogP contribution in [0.15, 0.2) is 42.6 Å². The third-order valence-electron chi connectivity index (χ3n) is 6.66. The second-order valence-corrected chi connectivity index (χ2v) is 8.92. The number of benzene rings is 1.